The fourth-order valence-electron chi connectivity index (χ4n) is 2.91. The van der Waals surface area contributed by atoms with E-state index in [1.54, 1.807) is 0 Å². The van der Waals surface area contributed by atoms with E-state index in [-0.39, 0.29) is 36.1 Å². The Morgan fingerprint density at radius 1 is 1.22 bits per heavy atom. The molecule has 134 valence electrons. The van der Waals surface area contributed by atoms with Gasteiger partial charge in [0.2, 0.25) is 0 Å². The molecule has 2 saturated carbocycles. The maximum Gasteiger partial charge on any atom is 0.407 e. The second-order valence-corrected chi connectivity index (χ2v) is 6.15. The van der Waals surface area contributed by atoms with E-state index in [2.05, 4.69) is 27.9 Å². The molecule has 0 aromatic carbocycles. The average Bonchev–Trinajstić information content (AvgIpc) is 3.21. The number of hydrogen-bond acceptors (Lipinski definition) is 3. The van der Waals surface area contributed by atoms with Gasteiger partial charge in [-0.15, -0.1) is 24.0 Å². The summed E-state index contributed by atoms with van der Waals surface area (Å²) >= 11 is 0. The number of halogens is 1. The molecule has 0 radical (unpaired) electrons. The minimum atomic E-state index is -0.330. The van der Waals surface area contributed by atoms with Crippen molar-refractivity contribution in [1.82, 2.24) is 16.0 Å². The molecule has 2 aliphatic carbocycles. The number of rotatable bonds is 7. The molecule has 1 amide bonds. The van der Waals surface area contributed by atoms with E-state index in [0.717, 1.165) is 12.5 Å². The van der Waals surface area contributed by atoms with Crippen LogP contribution < -0.4 is 16.0 Å². The Bertz CT molecular complexity index is 382. The molecule has 0 aliphatic heterocycles. The van der Waals surface area contributed by atoms with Crippen LogP contribution in [0.4, 0.5) is 4.79 Å². The van der Waals surface area contributed by atoms with Crippen molar-refractivity contribution < 1.29 is 9.53 Å². The van der Waals surface area contributed by atoms with Crippen LogP contribution in [0, 0.1) is 5.92 Å². The number of carbonyl (C=O) groups is 1. The first kappa shape index (κ1) is 20.3. The largest absolute Gasteiger partial charge is 0.450 e. The van der Waals surface area contributed by atoms with Gasteiger partial charge in [0.05, 0.1) is 19.2 Å². The van der Waals surface area contributed by atoms with Crippen molar-refractivity contribution in [2.45, 2.75) is 64.5 Å². The van der Waals surface area contributed by atoms with E-state index < -0.39 is 0 Å². The summed E-state index contributed by atoms with van der Waals surface area (Å²) in [6.45, 7) is 5.74. The molecule has 0 spiro atoms. The lowest BCUT2D eigenvalue weighted by molar-refractivity contribution is 0.147. The number of guanidine groups is 1. The van der Waals surface area contributed by atoms with E-state index in [1.807, 2.05) is 6.92 Å². The van der Waals surface area contributed by atoms with Gasteiger partial charge in [0.15, 0.2) is 5.96 Å². The summed E-state index contributed by atoms with van der Waals surface area (Å²) in [5.74, 6) is 1.41. The van der Waals surface area contributed by atoms with Crippen LogP contribution >= 0.6 is 24.0 Å². The van der Waals surface area contributed by atoms with Crippen LogP contribution in [0.1, 0.15) is 52.4 Å². The smallest absolute Gasteiger partial charge is 0.407 e. The van der Waals surface area contributed by atoms with Crippen molar-refractivity contribution in [3.8, 4) is 0 Å². The number of amides is 1. The van der Waals surface area contributed by atoms with Crippen LogP contribution in [0.3, 0.4) is 0 Å². The Morgan fingerprint density at radius 3 is 2.48 bits per heavy atom. The summed E-state index contributed by atoms with van der Waals surface area (Å²) in [6, 6.07) is 0.619. The summed E-state index contributed by atoms with van der Waals surface area (Å²) in [4.78, 5) is 16.3. The molecule has 23 heavy (non-hydrogen) atoms. The topological polar surface area (TPSA) is 74.8 Å². The Hall–Kier alpha value is -0.730. The minimum Gasteiger partial charge on any atom is -0.450 e. The number of hydrogen-bond donors (Lipinski definition) is 3. The molecule has 2 aliphatic rings. The van der Waals surface area contributed by atoms with Crippen LogP contribution in [0.15, 0.2) is 4.99 Å². The first-order valence-electron chi connectivity index (χ1n) is 8.71. The van der Waals surface area contributed by atoms with E-state index in [1.165, 1.54) is 38.5 Å². The van der Waals surface area contributed by atoms with Crippen molar-refractivity contribution in [1.29, 1.82) is 0 Å². The zero-order valence-electron chi connectivity index (χ0n) is 14.3. The minimum absolute atomic E-state index is 0. The van der Waals surface area contributed by atoms with Crippen molar-refractivity contribution >= 4 is 36.0 Å². The first-order valence-corrected chi connectivity index (χ1v) is 8.71. The van der Waals surface area contributed by atoms with Crippen molar-refractivity contribution in [2.24, 2.45) is 10.9 Å². The third kappa shape index (κ3) is 7.58. The van der Waals surface area contributed by atoms with Crippen LogP contribution in [0.2, 0.25) is 0 Å². The number of carbonyl (C=O) groups excluding carboxylic acids is 1. The maximum absolute atomic E-state index is 11.6. The van der Waals surface area contributed by atoms with Gasteiger partial charge in [-0.05, 0) is 45.4 Å². The first-order chi connectivity index (χ1) is 10.7. The van der Waals surface area contributed by atoms with Crippen LogP contribution in [-0.4, -0.2) is 43.8 Å². The van der Waals surface area contributed by atoms with Crippen molar-refractivity contribution in [3.63, 3.8) is 0 Å². The SMILES string of the molecule is CCNC(=NCC(NC(=O)OCC)C1CC1)NC1CCCC1.I. The highest BCUT2D eigenvalue weighted by molar-refractivity contribution is 14.0. The molecule has 0 heterocycles. The summed E-state index contributed by atoms with van der Waals surface area (Å²) in [6.07, 6.45) is 7.04. The number of aliphatic imine (C=N–C) groups is 1. The fourth-order valence-corrected chi connectivity index (χ4v) is 2.91. The van der Waals surface area contributed by atoms with Gasteiger partial charge in [0.1, 0.15) is 0 Å². The Kier molecular flexibility index (Phi) is 9.66. The number of ether oxygens (including phenoxy) is 1. The van der Waals surface area contributed by atoms with Crippen molar-refractivity contribution in [3.05, 3.63) is 0 Å². The predicted molar refractivity (Wildman–Crippen MR) is 103 cm³/mol. The van der Waals surface area contributed by atoms with Gasteiger partial charge in [-0.1, -0.05) is 12.8 Å². The predicted octanol–water partition coefficient (Wildman–Crippen LogP) is 2.63. The molecular formula is C16H31IN4O2. The number of nitrogens with one attached hydrogen (secondary N) is 3. The standard InChI is InChI=1S/C16H30N4O2.HI/c1-3-17-15(19-13-7-5-6-8-13)18-11-14(12-9-10-12)20-16(21)22-4-2;/h12-14H,3-11H2,1-2H3,(H,20,21)(H2,17,18,19);1H. The second kappa shape index (κ2) is 10.9. The molecular weight excluding hydrogens is 407 g/mol. The Morgan fingerprint density at radius 2 is 1.91 bits per heavy atom. The molecule has 2 fully saturated rings. The van der Waals surface area contributed by atoms with Crippen LogP contribution in [-0.2, 0) is 4.74 Å². The van der Waals surface area contributed by atoms with Crippen molar-refractivity contribution in [2.75, 3.05) is 19.7 Å². The summed E-state index contributed by atoms with van der Waals surface area (Å²) in [5.41, 5.74) is 0. The van der Waals surface area contributed by atoms with Crippen LogP contribution in [0.5, 0.6) is 0 Å². The van der Waals surface area contributed by atoms with E-state index in [4.69, 9.17) is 4.74 Å². The summed E-state index contributed by atoms with van der Waals surface area (Å²) < 4.78 is 4.98. The van der Waals surface area contributed by atoms with Gasteiger partial charge in [-0.2, -0.15) is 0 Å². The zero-order valence-corrected chi connectivity index (χ0v) is 16.6. The van der Waals surface area contributed by atoms with E-state index in [0.29, 0.717) is 25.1 Å². The Labute approximate surface area is 156 Å². The van der Waals surface area contributed by atoms with Crippen LogP contribution in [0.25, 0.3) is 0 Å². The number of alkyl carbamates (subject to hydrolysis) is 1. The van der Waals surface area contributed by atoms with Gasteiger partial charge in [-0.3, -0.25) is 4.99 Å². The lowest BCUT2D eigenvalue weighted by Gasteiger charge is -2.19. The van der Waals surface area contributed by atoms with Gasteiger partial charge < -0.3 is 20.7 Å². The molecule has 1 unspecified atom stereocenters. The summed E-state index contributed by atoms with van der Waals surface area (Å²) in [5, 5.41) is 9.75. The molecule has 3 N–H and O–H groups in total. The highest BCUT2D eigenvalue weighted by Crippen LogP contribution is 2.32. The third-order valence-electron chi connectivity index (χ3n) is 4.26. The van der Waals surface area contributed by atoms with Gasteiger partial charge in [-0.25, -0.2) is 4.79 Å². The lowest BCUT2D eigenvalue weighted by Crippen LogP contribution is -2.44. The highest BCUT2D eigenvalue weighted by Gasteiger charge is 2.32. The Balaban J connectivity index is 0.00000264. The molecule has 7 heteroatoms. The van der Waals surface area contributed by atoms with Gasteiger partial charge in [0, 0.05) is 12.6 Å². The number of nitrogens with zero attached hydrogens (tertiary/aromatic N) is 1. The maximum atomic E-state index is 11.6. The van der Waals surface area contributed by atoms with Gasteiger partial charge in [0.25, 0.3) is 0 Å². The van der Waals surface area contributed by atoms with E-state index >= 15 is 0 Å². The molecule has 0 saturated heterocycles. The molecule has 0 bridgehead atoms. The lowest BCUT2D eigenvalue weighted by atomic mass is 10.2. The van der Waals surface area contributed by atoms with E-state index in [9.17, 15) is 4.79 Å². The monoisotopic (exact) mass is 438 g/mol. The average molecular weight is 438 g/mol. The zero-order chi connectivity index (χ0) is 15.8. The summed E-state index contributed by atoms with van der Waals surface area (Å²) in [7, 11) is 0. The molecule has 6 nitrogen and oxygen atoms in total. The quantitative estimate of drug-likeness (QED) is 0.325. The molecule has 1 atom stereocenters. The highest BCUT2D eigenvalue weighted by atomic mass is 127. The third-order valence-corrected chi connectivity index (χ3v) is 4.26. The molecule has 0 aromatic heterocycles. The fraction of sp³-hybridized carbons (Fsp3) is 0.875. The second-order valence-electron chi connectivity index (χ2n) is 6.15. The molecule has 2 rings (SSSR count). The normalized spacial score (nSPS) is 19.7. The van der Waals surface area contributed by atoms with Gasteiger partial charge >= 0.3 is 6.09 Å². The molecule has 0 aromatic rings.